The first kappa shape index (κ1) is 30.9. The van der Waals surface area contributed by atoms with E-state index in [9.17, 15) is 24.3 Å². The number of nitrogens with one attached hydrogen (secondary N) is 1. The molecular formula is C32H29N5O7S2. The highest BCUT2D eigenvalue weighted by molar-refractivity contribution is 7.16. The number of rotatable bonds is 10. The van der Waals surface area contributed by atoms with Gasteiger partial charge >= 0.3 is 5.69 Å². The molecule has 0 bridgehead atoms. The van der Waals surface area contributed by atoms with Crippen molar-refractivity contribution in [2.75, 3.05) is 18.1 Å². The number of thiazole rings is 2. The predicted octanol–water partition coefficient (Wildman–Crippen LogP) is 5.74. The second-order valence-corrected chi connectivity index (χ2v) is 12.2. The van der Waals surface area contributed by atoms with E-state index < -0.39 is 29.4 Å². The average Bonchev–Trinajstić information content (AvgIpc) is 3.82. The van der Waals surface area contributed by atoms with Gasteiger partial charge in [-0.05, 0) is 23.8 Å². The zero-order valence-corrected chi connectivity index (χ0v) is 26.7. The van der Waals surface area contributed by atoms with Crippen LogP contribution in [0.4, 0.5) is 10.3 Å². The first-order valence-electron chi connectivity index (χ1n) is 14.5. The zero-order valence-electron chi connectivity index (χ0n) is 25.1. The number of ether oxygens (including phenoxy) is 2. The van der Waals surface area contributed by atoms with Crippen LogP contribution in [0.2, 0.25) is 0 Å². The van der Waals surface area contributed by atoms with Crippen LogP contribution in [-0.2, 0) is 4.79 Å². The van der Waals surface area contributed by atoms with Crippen LogP contribution < -0.4 is 20.1 Å². The summed E-state index contributed by atoms with van der Waals surface area (Å²) < 4.78 is 12.3. The highest BCUT2D eigenvalue weighted by Crippen LogP contribution is 2.41. The smallest absolute Gasteiger partial charge is 0.329 e. The minimum atomic E-state index is -1.32. The molecule has 4 heterocycles. The second-order valence-electron chi connectivity index (χ2n) is 10.5. The topological polar surface area (TPSA) is 157 Å². The normalized spacial score (nSPS) is 13.6. The SMILES string of the molecule is CCC(=O)c1csc(N(C(=O)[C@H]([C@@H](C)c2ccccc2)n2c(O)c(-c3ccc4c(c3)OCCO4)[nH]c2=O)c2nc(C(C)=O)cs2)n1. The summed E-state index contributed by atoms with van der Waals surface area (Å²) in [6.07, 6.45) is 0.214. The van der Waals surface area contributed by atoms with E-state index in [1.807, 2.05) is 30.3 Å². The number of fused-ring (bicyclic) bond motifs is 1. The van der Waals surface area contributed by atoms with Gasteiger partial charge in [-0.1, -0.05) is 44.2 Å². The van der Waals surface area contributed by atoms with Gasteiger partial charge in [0, 0.05) is 35.6 Å². The van der Waals surface area contributed by atoms with E-state index in [4.69, 9.17) is 9.47 Å². The average molecular weight is 660 g/mol. The summed E-state index contributed by atoms with van der Waals surface area (Å²) in [5.41, 5.74) is 0.853. The molecule has 236 valence electrons. The molecule has 2 N–H and O–H groups in total. The number of Topliss-reactive ketones (excluding diaryl/α,β-unsaturated/α-hetero) is 2. The van der Waals surface area contributed by atoms with Crippen molar-refractivity contribution in [1.29, 1.82) is 0 Å². The Kier molecular flexibility index (Phi) is 8.56. The Morgan fingerprint density at radius 2 is 1.65 bits per heavy atom. The third-order valence-electron chi connectivity index (χ3n) is 7.62. The second kappa shape index (κ2) is 12.7. The highest BCUT2D eigenvalue weighted by Gasteiger charge is 2.39. The zero-order chi connectivity index (χ0) is 32.5. The molecule has 5 aromatic rings. The van der Waals surface area contributed by atoms with Gasteiger partial charge in [0.15, 0.2) is 33.3 Å². The van der Waals surface area contributed by atoms with Crippen molar-refractivity contribution in [1.82, 2.24) is 19.5 Å². The van der Waals surface area contributed by atoms with Gasteiger partial charge in [-0.2, -0.15) is 0 Å². The van der Waals surface area contributed by atoms with E-state index in [-0.39, 0.29) is 45.3 Å². The van der Waals surface area contributed by atoms with Crippen LogP contribution in [0.1, 0.15) is 65.7 Å². The quantitative estimate of drug-likeness (QED) is 0.179. The molecule has 2 aromatic carbocycles. The number of nitrogens with zero attached hydrogens (tertiary/aromatic N) is 4. The van der Waals surface area contributed by atoms with Gasteiger partial charge in [-0.25, -0.2) is 24.2 Å². The maximum atomic E-state index is 14.9. The van der Waals surface area contributed by atoms with E-state index in [1.165, 1.54) is 17.2 Å². The summed E-state index contributed by atoms with van der Waals surface area (Å²) in [4.78, 5) is 66.1. The highest BCUT2D eigenvalue weighted by atomic mass is 32.1. The summed E-state index contributed by atoms with van der Waals surface area (Å²) >= 11 is 2.10. The molecule has 12 nitrogen and oxygen atoms in total. The molecule has 0 saturated carbocycles. The van der Waals surface area contributed by atoms with Gasteiger partial charge < -0.3 is 19.6 Å². The summed E-state index contributed by atoms with van der Waals surface area (Å²) in [5.74, 6) is -1.30. The number of hydrogen-bond donors (Lipinski definition) is 2. The van der Waals surface area contributed by atoms with Crippen LogP contribution in [0.15, 0.2) is 64.1 Å². The van der Waals surface area contributed by atoms with E-state index in [0.717, 1.165) is 32.8 Å². The molecule has 1 aliphatic rings. The Labute approximate surface area is 270 Å². The van der Waals surface area contributed by atoms with Crippen LogP contribution in [0, 0.1) is 0 Å². The van der Waals surface area contributed by atoms with Crippen LogP contribution in [0.3, 0.4) is 0 Å². The molecule has 0 spiro atoms. The summed E-state index contributed by atoms with van der Waals surface area (Å²) in [7, 11) is 0. The third-order valence-corrected chi connectivity index (χ3v) is 9.27. The third kappa shape index (κ3) is 5.72. The lowest BCUT2D eigenvalue weighted by Gasteiger charge is -2.28. The standard InChI is InChI=1S/C32H29N5O7S2/c1-4-23(39)22-16-46-32(34-22)37(31-33-21(15-45-31)18(3)38)29(41)27(17(2)19-8-6-5-7-9-19)36-28(40)26(35-30(36)42)20-10-11-24-25(14-20)44-13-12-43-24/h5-11,14-17,27,40H,4,12-13H2,1-3H3,(H,35,42)/t17-,27-/m0/s1. The van der Waals surface area contributed by atoms with E-state index in [1.54, 1.807) is 37.4 Å². The molecule has 1 amide bonds. The Hall–Kier alpha value is -5.08. The molecule has 0 aliphatic carbocycles. The number of imidazole rings is 1. The van der Waals surface area contributed by atoms with Crippen molar-refractivity contribution in [2.24, 2.45) is 0 Å². The van der Waals surface area contributed by atoms with E-state index in [2.05, 4.69) is 15.0 Å². The van der Waals surface area contributed by atoms with Crippen LogP contribution >= 0.6 is 22.7 Å². The number of aromatic nitrogens is 4. The fourth-order valence-electron chi connectivity index (χ4n) is 5.19. The molecule has 6 rings (SSSR count). The van der Waals surface area contributed by atoms with Gasteiger partial charge in [0.2, 0.25) is 5.88 Å². The fraction of sp³-hybridized carbons (Fsp3) is 0.250. The molecule has 0 radical (unpaired) electrons. The van der Waals surface area contributed by atoms with E-state index >= 15 is 0 Å². The maximum Gasteiger partial charge on any atom is 0.329 e. The Morgan fingerprint density at radius 1 is 1.00 bits per heavy atom. The van der Waals surface area contributed by atoms with Crippen LogP contribution in [0.25, 0.3) is 11.3 Å². The van der Waals surface area contributed by atoms with Crippen molar-refractivity contribution in [3.63, 3.8) is 0 Å². The van der Waals surface area contributed by atoms with Crippen molar-refractivity contribution >= 4 is 50.4 Å². The number of ketones is 2. The van der Waals surface area contributed by atoms with Crippen molar-refractivity contribution in [3.8, 4) is 28.6 Å². The Morgan fingerprint density at radius 3 is 2.30 bits per heavy atom. The number of hydrogen-bond acceptors (Lipinski definition) is 11. The van der Waals surface area contributed by atoms with Crippen molar-refractivity contribution < 1.29 is 29.0 Å². The van der Waals surface area contributed by atoms with Crippen molar-refractivity contribution in [3.05, 3.63) is 86.7 Å². The van der Waals surface area contributed by atoms with Gasteiger partial charge in [0.25, 0.3) is 5.91 Å². The van der Waals surface area contributed by atoms with Crippen LogP contribution in [-0.4, -0.2) is 55.3 Å². The minimum Gasteiger partial charge on any atom is -0.493 e. The summed E-state index contributed by atoms with van der Waals surface area (Å²) in [6, 6.07) is 12.8. The number of carbonyl (C=O) groups excluding carboxylic acids is 3. The fourth-order valence-corrected chi connectivity index (χ4v) is 6.95. The van der Waals surface area contributed by atoms with Gasteiger partial charge in [0.05, 0.1) is 0 Å². The lowest BCUT2D eigenvalue weighted by molar-refractivity contribution is -0.121. The largest absolute Gasteiger partial charge is 0.493 e. The Balaban J connectivity index is 1.51. The molecule has 0 saturated heterocycles. The predicted molar refractivity (Wildman–Crippen MR) is 173 cm³/mol. The monoisotopic (exact) mass is 659 g/mol. The molecule has 0 unspecified atom stereocenters. The minimum absolute atomic E-state index is 0.0878. The lowest BCUT2D eigenvalue weighted by Crippen LogP contribution is -2.40. The van der Waals surface area contributed by atoms with Gasteiger partial charge in [-0.15, -0.1) is 22.7 Å². The first-order valence-corrected chi connectivity index (χ1v) is 16.2. The molecule has 1 aliphatic heterocycles. The molecule has 3 aromatic heterocycles. The molecule has 0 fully saturated rings. The Bertz CT molecular complexity index is 1990. The first-order chi connectivity index (χ1) is 22.2. The number of anilines is 2. The molecule has 2 atom stereocenters. The van der Waals surface area contributed by atoms with Crippen molar-refractivity contribution in [2.45, 2.75) is 39.2 Å². The summed E-state index contributed by atoms with van der Waals surface area (Å²) in [5, 5.41) is 15.0. The lowest BCUT2D eigenvalue weighted by atomic mass is 9.92. The molecule has 46 heavy (non-hydrogen) atoms. The van der Waals surface area contributed by atoms with Gasteiger partial charge in [-0.3, -0.25) is 14.4 Å². The van der Waals surface area contributed by atoms with E-state index in [0.29, 0.717) is 30.3 Å². The molecule has 14 heteroatoms. The van der Waals surface area contributed by atoms with Crippen LogP contribution in [0.5, 0.6) is 17.4 Å². The number of benzene rings is 2. The number of aromatic amines is 1. The number of H-pyrrole nitrogens is 1. The maximum absolute atomic E-state index is 14.9. The summed E-state index contributed by atoms with van der Waals surface area (Å²) in [6.45, 7) is 5.61. The molecular weight excluding hydrogens is 631 g/mol. The number of amides is 1. The number of aromatic hydroxyl groups is 1. The van der Waals surface area contributed by atoms with Gasteiger partial charge in [0.1, 0.15) is 36.3 Å². The number of carbonyl (C=O) groups is 3.